The van der Waals surface area contributed by atoms with Crippen LogP contribution in [0.25, 0.3) is 10.9 Å². The molecule has 2 aromatic rings. The van der Waals surface area contributed by atoms with Gasteiger partial charge in [-0.2, -0.15) is 0 Å². The van der Waals surface area contributed by atoms with Crippen LogP contribution in [0.4, 0.5) is 0 Å². The highest BCUT2D eigenvalue weighted by Crippen LogP contribution is 2.40. The molecule has 4 heteroatoms. The molecular weight excluding hydrogens is 242 g/mol. The van der Waals surface area contributed by atoms with Gasteiger partial charge in [0.25, 0.3) is 0 Å². The predicted octanol–water partition coefficient (Wildman–Crippen LogP) is 2.99. The number of benzene rings is 1. The summed E-state index contributed by atoms with van der Waals surface area (Å²) >= 11 is 0. The zero-order valence-electron chi connectivity index (χ0n) is 11.1. The van der Waals surface area contributed by atoms with Crippen molar-refractivity contribution in [1.29, 1.82) is 0 Å². The lowest BCUT2D eigenvalue weighted by Gasteiger charge is -2.19. The number of aliphatic carboxylic acids is 1. The molecule has 0 fully saturated rings. The Kier molecular flexibility index (Phi) is 2.73. The number of hydrogen-bond acceptors (Lipinski definition) is 2. The highest BCUT2D eigenvalue weighted by molar-refractivity contribution is 5.94. The summed E-state index contributed by atoms with van der Waals surface area (Å²) in [6, 6.07) is 4.02. The van der Waals surface area contributed by atoms with E-state index >= 15 is 0 Å². The molecule has 1 aromatic heterocycles. The van der Waals surface area contributed by atoms with E-state index in [0.717, 1.165) is 46.3 Å². The Labute approximate surface area is 111 Å². The SMILES string of the molecule is COc1cc(C)cc2c3c([nH]c12)CCCC3C(=O)O. The van der Waals surface area contributed by atoms with Gasteiger partial charge in [-0.1, -0.05) is 0 Å². The second-order valence-corrected chi connectivity index (χ2v) is 5.19. The van der Waals surface area contributed by atoms with Crippen LogP contribution in [0.3, 0.4) is 0 Å². The second kappa shape index (κ2) is 4.30. The average Bonchev–Trinajstić information content (AvgIpc) is 2.76. The minimum Gasteiger partial charge on any atom is -0.495 e. The Hall–Kier alpha value is -1.97. The van der Waals surface area contributed by atoms with Gasteiger partial charge in [0.1, 0.15) is 5.75 Å². The number of hydrogen-bond donors (Lipinski definition) is 2. The normalized spacial score (nSPS) is 18.3. The van der Waals surface area contributed by atoms with Crippen LogP contribution in [-0.4, -0.2) is 23.2 Å². The lowest BCUT2D eigenvalue weighted by Crippen LogP contribution is -2.17. The highest BCUT2D eigenvalue weighted by Gasteiger charge is 2.30. The molecular formula is C15H17NO3. The first-order valence-corrected chi connectivity index (χ1v) is 6.53. The maximum atomic E-state index is 11.5. The van der Waals surface area contributed by atoms with E-state index in [1.165, 1.54) is 0 Å². The molecule has 0 saturated heterocycles. The molecule has 0 aliphatic heterocycles. The Morgan fingerprint density at radius 2 is 2.26 bits per heavy atom. The minimum absolute atomic E-state index is 0.399. The van der Waals surface area contributed by atoms with Crippen molar-refractivity contribution in [1.82, 2.24) is 4.98 Å². The smallest absolute Gasteiger partial charge is 0.311 e. The van der Waals surface area contributed by atoms with Gasteiger partial charge in [-0.3, -0.25) is 4.79 Å². The van der Waals surface area contributed by atoms with Gasteiger partial charge in [-0.05, 0) is 49.4 Å². The van der Waals surface area contributed by atoms with Crippen molar-refractivity contribution in [2.45, 2.75) is 32.1 Å². The third-order valence-electron chi connectivity index (χ3n) is 3.92. The summed E-state index contributed by atoms with van der Waals surface area (Å²) in [5, 5.41) is 10.4. The second-order valence-electron chi connectivity index (χ2n) is 5.19. The monoisotopic (exact) mass is 259 g/mol. The number of methoxy groups -OCH3 is 1. The number of carbonyl (C=O) groups is 1. The van der Waals surface area contributed by atoms with E-state index in [1.54, 1.807) is 7.11 Å². The average molecular weight is 259 g/mol. The van der Waals surface area contributed by atoms with Crippen LogP contribution in [0.1, 0.15) is 35.6 Å². The first kappa shape index (κ1) is 12.1. The Balaban J connectivity index is 2.32. The quantitative estimate of drug-likeness (QED) is 0.871. The van der Waals surface area contributed by atoms with Crippen molar-refractivity contribution in [2.24, 2.45) is 0 Å². The van der Waals surface area contributed by atoms with Crippen molar-refractivity contribution in [3.05, 3.63) is 29.0 Å². The summed E-state index contributed by atoms with van der Waals surface area (Å²) in [6.45, 7) is 2.00. The largest absolute Gasteiger partial charge is 0.495 e. The number of H-pyrrole nitrogens is 1. The molecule has 0 radical (unpaired) electrons. The molecule has 0 bridgehead atoms. The van der Waals surface area contributed by atoms with Crippen LogP contribution >= 0.6 is 0 Å². The number of fused-ring (bicyclic) bond motifs is 3. The van der Waals surface area contributed by atoms with E-state index < -0.39 is 11.9 Å². The molecule has 1 heterocycles. The topological polar surface area (TPSA) is 62.3 Å². The number of carboxylic acid groups (broad SMARTS) is 1. The van der Waals surface area contributed by atoms with Crippen molar-refractivity contribution in [3.8, 4) is 5.75 Å². The van der Waals surface area contributed by atoms with E-state index in [2.05, 4.69) is 11.1 Å². The van der Waals surface area contributed by atoms with Crippen LogP contribution in [-0.2, 0) is 11.2 Å². The van der Waals surface area contributed by atoms with Crippen LogP contribution in [0.5, 0.6) is 5.75 Å². The fourth-order valence-electron chi connectivity index (χ4n) is 3.11. The summed E-state index contributed by atoms with van der Waals surface area (Å²) in [5.74, 6) is -0.347. The number of nitrogens with one attached hydrogen (secondary N) is 1. The van der Waals surface area contributed by atoms with Crippen molar-refractivity contribution < 1.29 is 14.6 Å². The van der Waals surface area contributed by atoms with Gasteiger partial charge in [0.2, 0.25) is 0 Å². The van der Waals surface area contributed by atoms with E-state index in [1.807, 2.05) is 13.0 Å². The fraction of sp³-hybridized carbons (Fsp3) is 0.400. The van der Waals surface area contributed by atoms with E-state index in [4.69, 9.17) is 4.74 Å². The summed E-state index contributed by atoms with van der Waals surface area (Å²) in [6.07, 6.45) is 2.54. The fourth-order valence-corrected chi connectivity index (χ4v) is 3.11. The summed E-state index contributed by atoms with van der Waals surface area (Å²) in [7, 11) is 1.64. The highest BCUT2D eigenvalue weighted by atomic mass is 16.5. The van der Waals surface area contributed by atoms with Gasteiger partial charge in [0, 0.05) is 11.1 Å². The maximum absolute atomic E-state index is 11.5. The van der Waals surface area contributed by atoms with Gasteiger partial charge < -0.3 is 14.8 Å². The lowest BCUT2D eigenvalue weighted by molar-refractivity contribution is -0.139. The molecule has 0 saturated carbocycles. The van der Waals surface area contributed by atoms with E-state index in [-0.39, 0.29) is 0 Å². The molecule has 1 aromatic carbocycles. The molecule has 1 aliphatic rings. The molecule has 0 spiro atoms. The van der Waals surface area contributed by atoms with Crippen molar-refractivity contribution in [3.63, 3.8) is 0 Å². The molecule has 3 rings (SSSR count). The third-order valence-corrected chi connectivity index (χ3v) is 3.92. The molecule has 19 heavy (non-hydrogen) atoms. The van der Waals surface area contributed by atoms with E-state index in [9.17, 15) is 9.90 Å². The molecule has 4 nitrogen and oxygen atoms in total. The number of rotatable bonds is 2. The third kappa shape index (κ3) is 1.79. The number of carboxylic acids is 1. The number of aromatic amines is 1. The van der Waals surface area contributed by atoms with Gasteiger partial charge in [-0.15, -0.1) is 0 Å². The first-order chi connectivity index (χ1) is 9.11. The van der Waals surface area contributed by atoms with Gasteiger partial charge in [0.05, 0.1) is 18.5 Å². The Morgan fingerprint density at radius 1 is 1.47 bits per heavy atom. The molecule has 100 valence electrons. The lowest BCUT2D eigenvalue weighted by atomic mass is 9.85. The first-order valence-electron chi connectivity index (χ1n) is 6.53. The number of aromatic nitrogens is 1. The molecule has 1 atom stereocenters. The van der Waals surface area contributed by atoms with E-state index in [0.29, 0.717) is 6.42 Å². The minimum atomic E-state index is -0.734. The van der Waals surface area contributed by atoms with Crippen molar-refractivity contribution >= 4 is 16.9 Å². The summed E-state index contributed by atoms with van der Waals surface area (Å²) < 4.78 is 5.40. The predicted molar refractivity (Wildman–Crippen MR) is 72.9 cm³/mol. The van der Waals surface area contributed by atoms with Crippen LogP contribution in [0.2, 0.25) is 0 Å². The molecule has 0 amide bonds. The maximum Gasteiger partial charge on any atom is 0.311 e. The van der Waals surface area contributed by atoms with Crippen molar-refractivity contribution in [2.75, 3.05) is 7.11 Å². The zero-order valence-corrected chi connectivity index (χ0v) is 11.1. The Morgan fingerprint density at radius 3 is 2.95 bits per heavy atom. The van der Waals surface area contributed by atoms with Gasteiger partial charge in [0.15, 0.2) is 0 Å². The zero-order chi connectivity index (χ0) is 13.6. The van der Waals surface area contributed by atoms with Gasteiger partial charge in [-0.25, -0.2) is 0 Å². The molecule has 1 unspecified atom stereocenters. The summed E-state index contributed by atoms with van der Waals surface area (Å²) in [5.41, 5.74) is 4.01. The standard InChI is InChI=1S/C15H17NO3/c1-8-6-10-13-9(15(17)18)4-3-5-11(13)16-14(10)12(7-8)19-2/h6-7,9,16H,3-5H2,1-2H3,(H,17,18). The number of ether oxygens (including phenoxy) is 1. The van der Waals surface area contributed by atoms with Crippen LogP contribution in [0.15, 0.2) is 12.1 Å². The molecule has 1 aliphatic carbocycles. The van der Waals surface area contributed by atoms with Crippen LogP contribution < -0.4 is 4.74 Å². The molecule has 2 N–H and O–H groups in total. The summed E-state index contributed by atoms with van der Waals surface area (Å²) in [4.78, 5) is 14.8. The number of aryl methyl sites for hydroxylation is 2. The van der Waals surface area contributed by atoms with Gasteiger partial charge >= 0.3 is 5.97 Å². The van der Waals surface area contributed by atoms with Crippen LogP contribution in [0, 0.1) is 6.92 Å². The Bertz CT molecular complexity index is 657.